The zero-order chi connectivity index (χ0) is 20.3. The summed E-state index contributed by atoms with van der Waals surface area (Å²) in [6.07, 6.45) is 0.543. The third-order valence-corrected chi connectivity index (χ3v) is 4.52. The second kappa shape index (κ2) is 8.35. The first-order valence-electron chi connectivity index (χ1n) is 9.11. The standard InChI is InChI=1S/C22H23FN2O3/c1-14-11-15(2)13-18(12-14)24-20-19(16-5-7-17(23)8-6-16)21(26)25(22(20)27)9-4-10-28-3/h5-8,11-13,24H,4,9-10H2,1-3H3. The Hall–Kier alpha value is -2.99. The van der Waals surface area contributed by atoms with Crippen molar-refractivity contribution in [2.75, 3.05) is 25.6 Å². The zero-order valence-electron chi connectivity index (χ0n) is 16.2. The van der Waals surface area contributed by atoms with Gasteiger partial charge in [0.1, 0.15) is 11.5 Å². The molecular formula is C22H23FN2O3. The fraction of sp³-hybridized carbons (Fsp3) is 0.273. The van der Waals surface area contributed by atoms with Gasteiger partial charge in [-0.05, 0) is 61.2 Å². The highest BCUT2D eigenvalue weighted by molar-refractivity contribution is 6.36. The summed E-state index contributed by atoms with van der Waals surface area (Å²) in [6.45, 7) is 4.63. The summed E-state index contributed by atoms with van der Waals surface area (Å²) in [5.41, 5.74) is 3.77. The maximum atomic E-state index is 13.4. The number of nitrogens with one attached hydrogen (secondary N) is 1. The van der Waals surface area contributed by atoms with Gasteiger partial charge in [0, 0.05) is 25.9 Å². The van der Waals surface area contributed by atoms with E-state index in [1.165, 1.54) is 29.2 Å². The number of carbonyl (C=O) groups excluding carboxylic acids is 2. The highest BCUT2D eigenvalue weighted by Crippen LogP contribution is 2.31. The number of halogens is 1. The molecular weight excluding hydrogens is 359 g/mol. The Balaban J connectivity index is 2.01. The van der Waals surface area contributed by atoms with Gasteiger partial charge < -0.3 is 10.1 Å². The normalized spacial score (nSPS) is 14.2. The van der Waals surface area contributed by atoms with Crippen LogP contribution >= 0.6 is 0 Å². The molecule has 0 atom stereocenters. The number of ether oxygens (including phenoxy) is 1. The first kappa shape index (κ1) is 19.8. The van der Waals surface area contributed by atoms with Crippen molar-refractivity contribution in [3.8, 4) is 0 Å². The Kier molecular flexibility index (Phi) is 5.90. The van der Waals surface area contributed by atoms with Gasteiger partial charge in [-0.1, -0.05) is 18.2 Å². The van der Waals surface area contributed by atoms with E-state index in [2.05, 4.69) is 5.32 Å². The molecule has 146 valence electrons. The van der Waals surface area contributed by atoms with Crippen LogP contribution < -0.4 is 5.32 Å². The van der Waals surface area contributed by atoms with Crippen LogP contribution in [0.5, 0.6) is 0 Å². The molecule has 1 heterocycles. The number of anilines is 1. The van der Waals surface area contributed by atoms with E-state index < -0.39 is 5.82 Å². The maximum absolute atomic E-state index is 13.4. The van der Waals surface area contributed by atoms with E-state index >= 15 is 0 Å². The van der Waals surface area contributed by atoms with Gasteiger partial charge >= 0.3 is 0 Å². The Morgan fingerprint density at radius 2 is 1.64 bits per heavy atom. The van der Waals surface area contributed by atoms with Crippen LogP contribution in [0.2, 0.25) is 0 Å². The summed E-state index contributed by atoms with van der Waals surface area (Å²) >= 11 is 0. The number of imide groups is 1. The van der Waals surface area contributed by atoms with E-state index in [9.17, 15) is 14.0 Å². The molecule has 1 N–H and O–H groups in total. The van der Waals surface area contributed by atoms with Crippen LogP contribution in [0, 0.1) is 19.7 Å². The second-order valence-electron chi connectivity index (χ2n) is 6.87. The number of hydrogen-bond donors (Lipinski definition) is 1. The van der Waals surface area contributed by atoms with Crippen molar-refractivity contribution < 1.29 is 18.7 Å². The van der Waals surface area contributed by atoms with Crippen LogP contribution in [0.15, 0.2) is 48.2 Å². The van der Waals surface area contributed by atoms with E-state index in [1.54, 1.807) is 7.11 Å². The molecule has 1 aliphatic heterocycles. The van der Waals surface area contributed by atoms with E-state index in [1.807, 2.05) is 32.0 Å². The van der Waals surface area contributed by atoms with E-state index in [4.69, 9.17) is 4.74 Å². The molecule has 1 aliphatic rings. The number of amides is 2. The highest BCUT2D eigenvalue weighted by Gasteiger charge is 2.38. The molecule has 2 aromatic rings. The van der Waals surface area contributed by atoms with Crippen LogP contribution in [-0.4, -0.2) is 37.0 Å². The van der Waals surface area contributed by atoms with Crippen LogP contribution in [0.3, 0.4) is 0 Å². The Morgan fingerprint density at radius 1 is 1.00 bits per heavy atom. The monoisotopic (exact) mass is 382 g/mol. The van der Waals surface area contributed by atoms with Gasteiger partial charge in [-0.3, -0.25) is 14.5 Å². The molecule has 0 saturated carbocycles. The SMILES string of the molecule is COCCCN1C(=O)C(Nc2cc(C)cc(C)c2)=C(c2ccc(F)cc2)C1=O. The third kappa shape index (κ3) is 4.12. The summed E-state index contributed by atoms with van der Waals surface area (Å²) < 4.78 is 18.4. The van der Waals surface area contributed by atoms with E-state index in [0.29, 0.717) is 18.6 Å². The lowest BCUT2D eigenvalue weighted by molar-refractivity contribution is -0.136. The molecule has 0 fully saturated rings. The number of nitrogens with zero attached hydrogens (tertiary/aromatic N) is 1. The van der Waals surface area contributed by atoms with Crippen molar-refractivity contribution in [3.05, 3.63) is 70.7 Å². The number of rotatable bonds is 7. The second-order valence-corrected chi connectivity index (χ2v) is 6.87. The maximum Gasteiger partial charge on any atom is 0.278 e. The average Bonchev–Trinajstić information content (AvgIpc) is 2.86. The minimum atomic E-state index is -0.401. The fourth-order valence-corrected chi connectivity index (χ4v) is 3.34. The molecule has 0 aromatic heterocycles. The number of hydrogen-bond acceptors (Lipinski definition) is 4. The van der Waals surface area contributed by atoms with Crippen molar-refractivity contribution in [2.45, 2.75) is 20.3 Å². The summed E-state index contributed by atoms with van der Waals surface area (Å²) in [5, 5.41) is 3.13. The molecule has 3 rings (SSSR count). The number of benzene rings is 2. The molecule has 5 nitrogen and oxygen atoms in total. The first-order valence-corrected chi connectivity index (χ1v) is 9.11. The molecule has 0 aliphatic carbocycles. The van der Waals surface area contributed by atoms with Crippen molar-refractivity contribution in [1.29, 1.82) is 0 Å². The van der Waals surface area contributed by atoms with Gasteiger partial charge in [0.15, 0.2) is 0 Å². The Morgan fingerprint density at radius 3 is 2.25 bits per heavy atom. The van der Waals surface area contributed by atoms with Crippen molar-refractivity contribution in [3.63, 3.8) is 0 Å². The van der Waals surface area contributed by atoms with Crippen molar-refractivity contribution in [2.24, 2.45) is 0 Å². The summed E-state index contributed by atoms with van der Waals surface area (Å²) in [4.78, 5) is 27.2. The smallest absolute Gasteiger partial charge is 0.278 e. The van der Waals surface area contributed by atoms with Crippen LogP contribution in [0.25, 0.3) is 5.57 Å². The lowest BCUT2D eigenvalue weighted by Crippen LogP contribution is -2.33. The summed E-state index contributed by atoms with van der Waals surface area (Å²) in [5.74, 6) is -1.18. The molecule has 0 bridgehead atoms. The van der Waals surface area contributed by atoms with Gasteiger partial charge in [0.05, 0.1) is 5.57 Å². The van der Waals surface area contributed by atoms with Crippen LogP contribution in [0.1, 0.15) is 23.1 Å². The predicted octanol–water partition coefficient (Wildman–Crippen LogP) is 3.67. The number of aryl methyl sites for hydroxylation is 2. The Bertz CT molecular complexity index is 915. The molecule has 28 heavy (non-hydrogen) atoms. The topological polar surface area (TPSA) is 58.6 Å². The number of methoxy groups -OCH3 is 1. The van der Waals surface area contributed by atoms with Crippen molar-refractivity contribution >= 4 is 23.1 Å². The van der Waals surface area contributed by atoms with Gasteiger partial charge in [-0.2, -0.15) is 0 Å². The fourth-order valence-electron chi connectivity index (χ4n) is 3.34. The lowest BCUT2D eigenvalue weighted by Gasteiger charge is -2.15. The molecule has 0 unspecified atom stereocenters. The lowest BCUT2D eigenvalue weighted by atomic mass is 10.0. The van der Waals surface area contributed by atoms with E-state index in [0.717, 1.165) is 16.8 Å². The summed E-state index contributed by atoms with van der Waals surface area (Å²) in [6, 6.07) is 11.4. The van der Waals surface area contributed by atoms with Gasteiger partial charge in [-0.25, -0.2) is 4.39 Å². The molecule has 2 aromatic carbocycles. The predicted molar refractivity (Wildman–Crippen MR) is 106 cm³/mol. The minimum Gasteiger partial charge on any atom is -0.385 e. The average molecular weight is 382 g/mol. The minimum absolute atomic E-state index is 0.207. The quantitative estimate of drug-likeness (QED) is 0.586. The van der Waals surface area contributed by atoms with Gasteiger partial charge in [0.25, 0.3) is 11.8 Å². The molecule has 0 spiro atoms. The summed E-state index contributed by atoms with van der Waals surface area (Å²) in [7, 11) is 1.57. The van der Waals surface area contributed by atoms with E-state index in [-0.39, 0.29) is 29.6 Å². The van der Waals surface area contributed by atoms with Crippen molar-refractivity contribution in [1.82, 2.24) is 4.90 Å². The Labute approximate surface area is 163 Å². The number of carbonyl (C=O) groups is 2. The molecule has 0 saturated heterocycles. The largest absolute Gasteiger partial charge is 0.385 e. The third-order valence-electron chi connectivity index (χ3n) is 4.52. The molecule has 0 radical (unpaired) electrons. The van der Waals surface area contributed by atoms with Crippen LogP contribution in [0.4, 0.5) is 10.1 Å². The zero-order valence-corrected chi connectivity index (χ0v) is 16.2. The highest BCUT2D eigenvalue weighted by atomic mass is 19.1. The van der Waals surface area contributed by atoms with Gasteiger partial charge in [-0.15, -0.1) is 0 Å². The first-order chi connectivity index (χ1) is 13.4. The van der Waals surface area contributed by atoms with Gasteiger partial charge in [0.2, 0.25) is 0 Å². The van der Waals surface area contributed by atoms with Crippen LogP contribution in [-0.2, 0) is 14.3 Å². The molecule has 2 amide bonds. The molecule has 6 heteroatoms.